The van der Waals surface area contributed by atoms with Gasteiger partial charge in [0.05, 0.1) is 17.6 Å². The number of rotatable bonds is 5. The van der Waals surface area contributed by atoms with E-state index < -0.39 is 15.9 Å². The Morgan fingerprint density at radius 2 is 2.00 bits per heavy atom. The van der Waals surface area contributed by atoms with Gasteiger partial charge in [-0.05, 0) is 18.1 Å². The normalized spacial score (nSPS) is 13.7. The molecule has 0 amide bonds. The molecule has 1 aromatic rings. The van der Waals surface area contributed by atoms with Crippen LogP contribution in [0.3, 0.4) is 0 Å². The largest absolute Gasteiger partial charge is 0.391 e. The van der Waals surface area contributed by atoms with Crippen LogP contribution in [-0.2, 0) is 15.6 Å². The van der Waals surface area contributed by atoms with Gasteiger partial charge in [0.15, 0.2) is 9.84 Å². The smallest absolute Gasteiger partial charge is 0.157 e. The van der Waals surface area contributed by atoms with Gasteiger partial charge in [-0.25, -0.2) is 8.42 Å². The lowest BCUT2D eigenvalue weighted by Gasteiger charge is -2.10. The molecule has 0 fully saturated rings. The zero-order valence-corrected chi connectivity index (χ0v) is 10.1. The van der Waals surface area contributed by atoms with Crippen LogP contribution in [0.1, 0.15) is 11.1 Å². The zero-order valence-electron chi connectivity index (χ0n) is 9.26. The fourth-order valence-electron chi connectivity index (χ4n) is 1.43. The molecule has 1 aromatic carbocycles. The quantitative estimate of drug-likeness (QED) is 0.775. The maximum Gasteiger partial charge on any atom is 0.157 e. The van der Waals surface area contributed by atoms with Crippen molar-refractivity contribution in [2.24, 2.45) is 5.73 Å². The Morgan fingerprint density at radius 1 is 1.38 bits per heavy atom. The van der Waals surface area contributed by atoms with Gasteiger partial charge < -0.3 is 10.8 Å². The van der Waals surface area contributed by atoms with Gasteiger partial charge in [-0.15, -0.1) is 0 Å². The van der Waals surface area contributed by atoms with Crippen molar-refractivity contribution in [1.29, 1.82) is 0 Å². The number of nitrogens with two attached hydrogens (primary N) is 1. The second-order valence-corrected chi connectivity index (χ2v) is 5.98. The molecule has 90 valence electrons. The van der Waals surface area contributed by atoms with E-state index in [1.807, 2.05) is 19.1 Å². The predicted octanol–water partition coefficient (Wildman–Crippen LogP) is 0.229. The molecular formula is C11H17NO3S. The molecule has 1 atom stereocenters. The summed E-state index contributed by atoms with van der Waals surface area (Å²) in [5, 5.41) is 9.24. The van der Waals surface area contributed by atoms with E-state index in [0.29, 0.717) is 0 Å². The summed E-state index contributed by atoms with van der Waals surface area (Å²) in [5.41, 5.74) is 6.90. The molecule has 16 heavy (non-hydrogen) atoms. The molecule has 0 aliphatic rings. The Bertz CT molecular complexity index is 442. The number of aliphatic hydroxyl groups is 1. The SMILES string of the molecule is Cc1ccccc1CS(=O)(=O)CC(O)CN. The molecule has 0 aromatic heterocycles. The summed E-state index contributed by atoms with van der Waals surface area (Å²) < 4.78 is 23.4. The number of hydrogen-bond donors (Lipinski definition) is 2. The highest BCUT2D eigenvalue weighted by Crippen LogP contribution is 2.12. The average molecular weight is 243 g/mol. The van der Waals surface area contributed by atoms with Gasteiger partial charge in [0.1, 0.15) is 0 Å². The van der Waals surface area contributed by atoms with Gasteiger partial charge in [0.25, 0.3) is 0 Å². The molecule has 4 nitrogen and oxygen atoms in total. The van der Waals surface area contributed by atoms with Gasteiger partial charge in [0, 0.05) is 6.54 Å². The lowest BCUT2D eigenvalue weighted by atomic mass is 10.1. The van der Waals surface area contributed by atoms with Crippen molar-refractivity contribution >= 4 is 9.84 Å². The van der Waals surface area contributed by atoms with Crippen LogP contribution < -0.4 is 5.73 Å². The maximum atomic E-state index is 11.7. The molecule has 5 heteroatoms. The zero-order chi connectivity index (χ0) is 12.2. The van der Waals surface area contributed by atoms with Crippen molar-refractivity contribution in [3.8, 4) is 0 Å². The Balaban J connectivity index is 2.77. The summed E-state index contributed by atoms with van der Waals surface area (Å²) in [4.78, 5) is 0. The lowest BCUT2D eigenvalue weighted by molar-refractivity contribution is 0.205. The van der Waals surface area contributed by atoms with E-state index in [1.165, 1.54) is 0 Å². The summed E-state index contributed by atoms with van der Waals surface area (Å²) in [5.74, 6) is -0.325. The van der Waals surface area contributed by atoms with E-state index in [2.05, 4.69) is 0 Å². The molecule has 0 radical (unpaired) electrons. The first kappa shape index (κ1) is 13.2. The number of aryl methyl sites for hydroxylation is 1. The van der Waals surface area contributed by atoms with Crippen molar-refractivity contribution in [2.45, 2.75) is 18.8 Å². The van der Waals surface area contributed by atoms with Gasteiger partial charge in [-0.1, -0.05) is 24.3 Å². The topological polar surface area (TPSA) is 80.4 Å². The second kappa shape index (κ2) is 5.43. The Morgan fingerprint density at radius 3 is 2.56 bits per heavy atom. The molecule has 0 saturated carbocycles. The van der Waals surface area contributed by atoms with Crippen molar-refractivity contribution in [2.75, 3.05) is 12.3 Å². The first-order valence-corrected chi connectivity index (χ1v) is 6.90. The van der Waals surface area contributed by atoms with Crippen LogP contribution in [0, 0.1) is 6.92 Å². The third kappa shape index (κ3) is 3.92. The Kier molecular flexibility index (Phi) is 4.46. The van der Waals surface area contributed by atoms with Crippen molar-refractivity contribution < 1.29 is 13.5 Å². The third-order valence-electron chi connectivity index (χ3n) is 2.36. The highest BCUT2D eigenvalue weighted by Gasteiger charge is 2.17. The van der Waals surface area contributed by atoms with Crippen LogP contribution in [0.25, 0.3) is 0 Å². The van der Waals surface area contributed by atoms with E-state index in [4.69, 9.17) is 5.73 Å². The molecule has 0 saturated heterocycles. The molecule has 0 bridgehead atoms. The summed E-state index contributed by atoms with van der Waals surface area (Å²) in [6, 6.07) is 7.31. The first-order chi connectivity index (χ1) is 7.44. The Labute approximate surface area is 96.0 Å². The average Bonchev–Trinajstić information content (AvgIpc) is 2.20. The highest BCUT2D eigenvalue weighted by atomic mass is 32.2. The Hall–Kier alpha value is -0.910. The molecule has 0 spiro atoms. The van der Waals surface area contributed by atoms with Crippen molar-refractivity contribution in [1.82, 2.24) is 0 Å². The summed E-state index contributed by atoms with van der Waals surface area (Å²) in [7, 11) is -3.30. The van der Waals surface area contributed by atoms with Crippen LogP contribution in [0.2, 0.25) is 0 Å². The second-order valence-electron chi connectivity index (χ2n) is 3.87. The van der Waals surface area contributed by atoms with E-state index >= 15 is 0 Å². The standard InChI is InChI=1S/C11H17NO3S/c1-9-4-2-3-5-10(9)7-16(14,15)8-11(13)6-12/h2-5,11,13H,6-8,12H2,1H3. The highest BCUT2D eigenvalue weighted by molar-refractivity contribution is 7.90. The molecule has 3 N–H and O–H groups in total. The van der Waals surface area contributed by atoms with Crippen LogP contribution in [0.15, 0.2) is 24.3 Å². The minimum Gasteiger partial charge on any atom is -0.391 e. The molecule has 0 aliphatic carbocycles. The van der Waals surface area contributed by atoms with Gasteiger partial charge in [-0.2, -0.15) is 0 Å². The third-order valence-corrected chi connectivity index (χ3v) is 4.00. The maximum absolute atomic E-state index is 11.7. The van der Waals surface area contributed by atoms with Crippen LogP contribution in [0.4, 0.5) is 0 Å². The summed E-state index contributed by atoms with van der Waals surface area (Å²) in [6.07, 6.45) is -0.978. The van der Waals surface area contributed by atoms with Crippen LogP contribution >= 0.6 is 0 Å². The fraction of sp³-hybridized carbons (Fsp3) is 0.455. The number of sulfone groups is 1. The molecule has 0 aliphatic heterocycles. The van der Waals surface area contributed by atoms with Gasteiger partial charge in [-0.3, -0.25) is 0 Å². The fourth-order valence-corrected chi connectivity index (χ4v) is 3.07. The minimum absolute atomic E-state index is 0.0347. The van der Waals surface area contributed by atoms with E-state index in [1.54, 1.807) is 12.1 Å². The summed E-state index contributed by atoms with van der Waals surface area (Å²) >= 11 is 0. The molecule has 1 unspecified atom stereocenters. The van der Waals surface area contributed by atoms with Crippen molar-refractivity contribution in [3.63, 3.8) is 0 Å². The number of aliphatic hydroxyl groups excluding tert-OH is 1. The lowest BCUT2D eigenvalue weighted by Crippen LogP contribution is -2.29. The molecular weight excluding hydrogens is 226 g/mol. The van der Waals surface area contributed by atoms with Crippen molar-refractivity contribution in [3.05, 3.63) is 35.4 Å². The summed E-state index contributed by atoms with van der Waals surface area (Å²) in [6.45, 7) is 1.83. The number of hydrogen-bond acceptors (Lipinski definition) is 4. The molecule has 0 heterocycles. The van der Waals surface area contributed by atoms with E-state index in [9.17, 15) is 13.5 Å². The molecule has 1 rings (SSSR count). The van der Waals surface area contributed by atoms with Crippen LogP contribution in [0.5, 0.6) is 0 Å². The first-order valence-electron chi connectivity index (χ1n) is 5.07. The van der Waals surface area contributed by atoms with Gasteiger partial charge >= 0.3 is 0 Å². The van der Waals surface area contributed by atoms with E-state index in [0.717, 1.165) is 11.1 Å². The number of benzene rings is 1. The van der Waals surface area contributed by atoms with Gasteiger partial charge in [0.2, 0.25) is 0 Å². The van der Waals surface area contributed by atoms with Crippen LogP contribution in [-0.4, -0.2) is 31.9 Å². The van der Waals surface area contributed by atoms with E-state index in [-0.39, 0.29) is 18.1 Å². The monoisotopic (exact) mass is 243 g/mol. The predicted molar refractivity (Wildman–Crippen MR) is 63.7 cm³/mol. The minimum atomic E-state index is -3.30.